The van der Waals surface area contributed by atoms with Crippen molar-refractivity contribution in [3.63, 3.8) is 0 Å². The molecule has 0 saturated carbocycles. The average molecular weight is 337 g/mol. The molecule has 7 heteroatoms. The van der Waals surface area contributed by atoms with Crippen LogP contribution in [0.25, 0.3) is 11.4 Å². The third-order valence-electron chi connectivity index (χ3n) is 4.05. The van der Waals surface area contributed by atoms with E-state index >= 15 is 0 Å². The van der Waals surface area contributed by atoms with Crippen LogP contribution in [-0.2, 0) is 13.1 Å². The van der Waals surface area contributed by atoms with Gasteiger partial charge in [0.15, 0.2) is 0 Å². The summed E-state index contributed by atoms with van der Waals surface area (Å²) in [4.78, 5) is 10.6. The van der Waals surface area contributed by atoms with Crippen LogP contribution in [0.3, 0.4) is 0 Å². The molecule has 0 fully saturated rings. The molecule has 0 N–H and O–H groups in total. The Bertz CT molecular complexity index is 925. The molecule has 6 nitrogen and oxygen atoms in total. The largest absolute Gasteiger partial charge is 0.361 e. The summed E-state index contributed by atoms with van der Waals surface area (Å²) in [5.74, 6) is 0. The zero-order chi connectivity index (χ0) is 16.5. The normalized spacial score (nSPS) is 13.4. The Morgan fingerprint density at radius 2 is 2.04 bits per heavy atom. The van der Waals surface area contributed by atoms with Crippen molar-refractivity contribution in [1.29, 1.82) is 5.26 Å². The quantitative estimate of drug-likeness (QED) is 0.719. The van der Waals surface area contributed by atoms with Gasteiger partial charge in [0.2, 0.25) is 0 Å². The molecule has 0 saturated heterocycles. The highest BCUT2D eigenvalue weighted by Gasteiger charge is 2.21. The summed E-state index contributed by atoms with van der Waals surface area (Å²) in [7, 11) is 0. The molecule has 3 aromatic heterocycles. The molecule has 1 aliphatic rings. The predicted octanol–water partition coefficient (Wildman–Crippen LogP) is 2.89. The maximum Gasteiger partial charge on any atom is 0.111 e. The SMILES string of the molecule is N#Cc1ccncc1N1CCn2nc(-c3ccc(Cl)cn3)cc2C1. The van der Waals surface area contributed by atoms with E-state index in [4.69, 9.17) is 11.6 Å². The third kappa shape index (κ3) is 2.59. The van der Waals surface area contributed by atoms with E-state index < -0.39 is 0 Å². The summed E-state index contributed by atoms with van der Waals surface area (Å²) in [5.41, 5.74) is 4.21. The molecule has 0 bridgehead atoms. The van der Waals surface area contributed by atoms with E-state index in [0.717, 1.165) is 35.9 Å². The fraction of sp³-hybridized carbons (Fsp3) is 0.176. The highest BCUT2D eigenvalue weighted by atomic mass is 35.5. The van der Waals surface area contributed by atoms with Crippen molar-refractivity contribution in [2.24, 2.45) is 0 Å². The van der Waals surface area contributed by atoms with Gasteiger partial charge in [0, 0.05) is 18.9 Å². The zero-order valence-corrected chi connectivity index (χ0v) is 13.5. The number of aromatic nitrogens is 4. The molecule has 3 aromatic rings. The smallest absolute Gasteiger partial charge is 0.111 e. The molecule has 118 valence electrons. The number of nitrogens with zero attached hydrogens (tertiary/aromatic N) is 6. The monoisotopic (exact) mass is 336 g/mol. The van der Waals surface area contributed by atoms with Gasteiger partial charge in [-0.3, -0.25) is 14.6 Å². The topological polar surface area (TPSA) is 70.6 Å². The van der Waals surface area contributed by atoms with Gasteiger partial charge in [0.25, 0.3) is 0 Å². The first kappa shape index (κ1) is 14.7. The van der Waals surface area contributed by atoms with E-state index in [0.29, 0.717) is 17.1 Å². The zero-order valence-electron chi connectivity index (χ0n) is 12.7. The number of fused-ring (bicyclic) bond motifs is 1. The number of pyridine rings is 2. The molecular formula is C17H13ClN6. The van der Waals surface area contributed by atoms with Gasteiger partial charge in [-0.15, -0.1) is 0 Å². The van der Waals surface area contributed by atoms with Gasteiger partial charge in [-0.1, -0.05) is 11.6 Å². The van der Waals surface area contributed by atoms with Gasteiger partial charge in [-0.2, -0.15) is 10.4 Å². The van der Waals surface area contributed by atoms with Crippen molar-refractivity contribution in [3.05, 3.63) is 59.1 Å². The second kappa shape index (κ2) is 5.95. The standard InChI is InChI=1S/C17H13ClN6/c18-13-1-2-15(21-9-13)16-7-14-11-23(5-6-24(14)22-16)17-10-20-4-3-12(17)8-19/h1-4,7,9-10H,5-6,11H2. The van der Waals surface area contributed by atoms with Crippen LogP contribution in [0.1, 0.15) is 11.3 Å². The minimum absolute atomic E-state index is 0.606. The lowest BCUT2D eigenvalue weighted by Crippen LogP contribution is -2.34. The van der Waals surface area contributed by atoms with Crippen molar-refractivity contribution < 1.29 is 0 Å². The number of nitriles is 1. The Hall–Kier alpha value is -2.91. The van der Waals surface area contributed by atoms with Crippen LogP contribution in [0, 0.1) is 11.3 Å². The summed E-state index contributed by atoms with van der Waals surface area (Å²) in [6.07, 6.45) is 5.00. The second-order valence-electron chi connectivity index (χ2n) is 5.53. The maximum atomic E-state index is 9.28. The minimum atomic E-state index is 0.606. The fourth-order valence-electron chi connectivity index (χ4n) is 2.86. The lowest BCUT2D eigenvalue weighted by molar-refractivity contribution is 0.520. The molecule has 1 aliphatic heterocycles. The summed E-state index contributed by atoms with van der Waals surface area (Å²) in [5, 5.41) is 14.5. The average Bonchev–Trinajstić information content (AvgIpc) is 3.05. The maximum absolute atomic E-state index is 9.28. The molecule has 4 heterocycles. The van der Waals surface area contributed by atoms with E-state index in [1.165, 1.54) is 0 Å². The number of anilines is 1. The van der Waals surface area contributed by atoms with Crippen LogP contribution < -0.4 is 4.90 Å². The van der Waals surface area contributed by atoms with Gasteiger partial charge < -0.3 is 4.90 Å². The number of hydrogen-bond acceptors (Lipinski definition) is 5. The lowest BCUT2D eigenvalue weighted by Gasteiger charge is -2.29. The van der Waals surface area contributed by atoms with Crippen molar-refractivity contribution in [1.82, 2.24) is 19.7 Å². The molecule has 0 aliphatic carbocycles. The van der Waals surface area contributed by atoms with Crippen LogP contribution in [0.2, 0.25) is 5.02 Å². The van der Waals surface area contributed by atoms with Gasteiger partial charge in [0.05, 0.1) is 46.9 Å². The molecular weight excluding hydrogens is 324 g/mol. The third-order valence-corrected chi connectivity index (χ3v) is 4.27. The molecule has 4 rings (SSSR count). The highest BCUT2D eigenvalue weighted by molar-refractivity contribution is 6.30. The van der Waals surface area contributed by atoms with Crippen LogP contribution in [0.15, 0.2) is 42.9 Å². The molecule has 0 spiro atoms. The molecule has 0 amide bonds. The van der Waals surface area contributed by atoms with Crippen molar-refractivity contribution in [2.75, 3.05) is 11.4 Å². The van der Waals surface area contributed by atoms with Crippen LogP contribution >= 0.6 is 11.6 Å². The Balaban J connectivity index is 1.64. The van der Waals surface area contributed by atoms with Crippen molar-refractivity contribution in [2.45, 2.75) is 13.1 Å². The summed E-state index contributed by atoms with van der Waals surface area (Å²) in [6.45, 7) is 2.21. The number of rotatable bonds is 2. The van der Waals surface area contributed by atoms with Crippen LogP contribution in [0.5, 0.6) is 0 Å². The Morgan fingerprint density at radius 3 is 2.83 bits per heavy atom. The van der Waals surface area contributed by atoms with E-state index in [9.17, 15) is 5.26 Å². The van der Waals surface area contributed by atoms with Gasteiger partial charge in [-0.05, 0) is 24.3 Å². The summed E-state index contributed by atoms with van der Waals surface area (Å²) in [6, 6.07) is 9.67. The van der Waals surface area contributed by atoms with E-state index in [-0.39, 0.29) is 0 Å². The number of hydrogen-bond donors (Lipinski definition) is 0. The van der Waals surface area contributed by atoms with Crippen molar-refractivity contribution >= 4 is 17.3 Å². The Morgan fingerprint density at radius 1 is 1.12 bits per heavy atom. The fourth-order valence-corrected chi connectivity index (χ4v) is 2.97. The molecule has 0 aromatic carbocycles. The number of halogens is 1. The van der Waals surface area contributed by atoms with Crippen molar-refractivity contribution in [3.8, 4) is 17.5 Å². The molecule has 0 unspecified atom stereocenters. The van der Waals surface area contributed by atoms with Gasteiger partial charge in [-0.25, -0.2) is 0 Å². The van der Waals surface area contributed by atoms with E-state index in [1.807, 2.05) is 22.9 Å². The predicted molar refractivity (Wildman–Crippen MR) is 90.5 cm³/mol. The second-order valence-corrected chi connectivity index (χ2v) is 5.97. The Labute approximate surface area is 144 Å². The molecule has 0 radical (unpaired) electrons. The first-order valence-electron chi connectivity index (χ1n) is 7.52. The van der Waals surface area contributed by atoms with Crippen LogP contribution in [0.4, 0.5) is 5.69 Å². The molecule has 0 atom stereocenters. The van der Waals surface area contributed by atoms with Gasteiger partial charge in [0.1, 0.15) is 11.8 Å². The lowest BCUT2D eigenvalue weighted by atomic mass is 10.2. The summed E-state index contributed by atoms with van der Waals surface area (Å²) < 4.78 is 1.99. The first-order chi connectivity index (χ1) is 11.7. The van der Waals surface area contributed by atoms with Crippen LogP contribution in [-0.4, -0.2) is 26.3 Å². The Kier molecular flexibility index (Phi) is 3.63. The molecule has 24 heavy (non-hydrogen) atoms. The van der Waals surface area contributed by atoms with E-state index in [1.54, 1.807) is 24.7 Å². The first-order valence-corrected chi connectivity index (χ1v) is 7.90. The summed E-state index contributed by atoms with van der Waals surface area (Å²) >= 11 is 5.89. The van der Waals surface area contributed by atoms with E-state index in [2.05, 4.69) is 26.0 Å². The van der Waals surface area contributed by atoms with Gasteiger partial charge >= 0.3 is 0 Å². The minimum Gasteiger partial charge on any atom is -0.361 e. The highest BCUT2D eigenvalue weighted by Crippen LogP contribution is 2.26.